The summed E-state index contributed by atoms with van der Waals surface area (Å²) >= 11 is 12.7. The van der Waals surface area contributed by atoms with Crippen LogP contribution in [0.2, 0.25) is 5.02 Å². The minimum atomic E-state index is -3.95. The zero-order chi connectivity index (χ0) is 12.5. The first kappa shape index (κ1) is 14.0. The van der Waals surface area contributed by atoms with Crippen LogP contribution >= 0.6 is 40.2 Å². The van der Waals surface area contributed by atoms with Gasteiger partial charge in [0.05, 0.1) is 10.4 Å². The number of nitrogens with two attached hydrogens (primary N) is 1. The molecule has 1 rings (SSSR count). The smallest absolute Gasteiger partial charge is 0.239 e. The maximum absolute atomic E-state index is 11.5. The van der Waals surface area contributed by atoms with Gasteiger partial charge in [-0.3, -0.25) is 4.79 Å². The number of primary sulfonamides is 1. The third-order valence-corrected chi connectivity index (χ3v) is 4.03. The van der Waals surface area contributed by atoms with Crippen LogP contribution in [0.4, 0.5) is 0 Å². The average Bonchev–Trinajstić information content (AvgIpc) is 2.14. The molecule has 4 nitrogen and oxygen atoms in total. The molecule has 2 N–H and O–H groups in total. The number of halogens is 2. The lowest BCUT2D eigenvalue weighted by molar-refractivity contribution is 0.102. The molecule has 0 fully saturated rings. The highest BCUT2D eigenvalue weighted by molar-refractivity contribution is 9.09. The molecule has 0 unspecified atom stereocenters. The Morgan fingerprint density at radius 1 is 1.50 bits per heavy atom. The van der Waals surface area contributed by atoms with Crippen molar-refractivity contribution in [3.8, 4) is 0 Å². The van der Waals surface area contributed by atoms with E-state index in [0.29, 0.717) is 4.90 Å². The molecule has 8 heteroatoms. The van der Waals surface area contributed by atoms with Crippen molar-refractivity contribution < 1.29 is 13.2 Å². The van der Waals surface area contributed by atoms with Crippen molar-refractivity contribution in [3.05, 3.63) is 22.7 Å². The molecular weight excluding hydrogens is 338 g/mol. The van der Waals surface area contributed by atoms with Gasteiger partial charge in [-0.2, -0.15) is 0 Å². The van der Waals surface area contributed by atoms with Crippen LogP contribution in [0.3, 0.4) is 0 Å². The van der Waals surface area contributed by atoms with E-state index in [2.05, 4.69) is 28.6 Å². The van der Waals surface area contributed by atoms with Gasteiger partial charge in [-0.05, 0) is 12.1 Å². The molecule has 0 aliphatic carbocycles. The summed E-state index contributed by atoms with van der Waals surface area (Å²) < 4.78 is 22.3. The summed E-state index contributed by atoms with van der Waals surface area (Å²) in [6, 6.07) is 2.41. The summed E-state index contributed by atoms with van der Waals surface area (Å²) in [7, 11) is -3.95. The van der Waals surface area contributed by atoms with Gasteiger partial charge in [0, 0.05) is 10.5 Å². The van der Waals surface area contributed by atoms with Gasteiger partial charge in [0.2, 0.25) is 10.0 Å². The molecule has 88 valence electrons. The first-order valence-electron chi connectivity index (χ1n) is 3.92. The fourth-order valence-corrected chi connectivity index (χ4v) is 2.85. The molecule has 16 heavy (non-hydrogen) atoms. The fraction of sp³-hybridized carbons (Fsp3) is 0.125. The van der Waals surface area contributed by atoms with Crippen molar-refractivity contribution in [2.45, 2.75) is 9.79 Å². The van der Waals surface area contributed by atoms with E-state index in [-0.39, 0.29) is 26.6 Å². The van der Waals surface area contributed by atoms with Crippen LogP contribution in [0.5, 0.6) is 0 Å². The SMILES string of the molecule is NS(=O)(=O)c1cc(C(=O)CBr)c(S)cc1Cl. The first-order valence-corrected chi connectivity index (χ1v) is 7.41. The number of benzene rings is 1. The second-order valence-electron chi connectivity index (χ2n) is 2.90. The van der Waals surface area contributed by atoms with Gasteiger partial charge in [0.1, 0.15) is 4.90 Å². The second kappa shape index (κ2) is 5.05. The van der Waals surface area contributed by atoms with Gasteiger partial charge in [-0.25, -0.2) is 13.6 Å². The molecule has 0 radical (unpaired) electrons. The van der Waals surface area contributed by atoms with Crippen molar-refractivity contribution in [2.24, 2.45) is 5.14 Å². The standard InChI is InChI=1S/C8H7BrClNO3S2/c9-3-6(12)4-1-8(16(11,13)14)5(10)2-7(4)15/h1-2,15H,3H2,(H2,11,13,14). The van der Waals surface area contributed by atoms with Crippen LogP contribution in [0.25, 0.3) is 0 Å². The Labute approximate surface area is 112 Å². The predicted octanol–water partition coefficient (Wildman–Crippen LogP) is 1.85. The van der Waals surface area contributed by atoms with Crippen LogP contribution in [0.1, 0.15) is 10.4 Å². The number of hydrogen-bond acceptors (Lipinski definition) is 4. The molecule has 1 aromatic carbocycles. The number of alkyl halides is 1. The normalized spacial score (nSPS) is 11.5. The second-order valence-corrected chi connectivity index (χ2v) is 5.88. The Hall–Kier alpha value is -0.0800. The molecule has 0 heterocycles. The van der Waals surface area contributed by atoms with E-state index < -0.39 is 10.0 Å². The maximum atomic E-state index is 11.5. The number of sulfonamides is 1. The van der Waals surface area contributed by atoms with Crippen LogP contribution in [0.15, 0.2) is 21.9 Å². The van der Waals surface area contributed by atoms with Gasteiger partial charge >= 0.3 is 0 Å². The Kier molecular flexibility index (Phi) is 4.42. The topological polar surface area (TPSA) is 77.2 Å². The Bertz CT molecular complexity index is 544. The summed E-state index contributed by atoms with van der Waals surface area (Å²) in [6.45, 7) is 0. The Morgan fingerprint density at radius 3 is 2.50 bits per heavy atom. The van der Waals surface area contributed by atoms with E-state index in [0.717, 1.165) is 6.07 Å². The van der Waals surface area contributed by atoms with Gasteiger partial charge < -0.3 is 0 Å². The lowest BCUT2D eigenvalue weighted by atomic mass is 10.1. The van der Waals surface area contributed by atoms with Crippen molar-refractivity contribution in [2.75, 3.05) is 5.33 Å². The van der Waals surface area contributed by atoms with E-state index in [1.54, 1.807) is 0 Å². The van der Waals surface area contributed by atoms with Crippen LogP contribution in [-0.2, 0) is 10.0 Å². The lowest BCUT2D eigenvalue weighted by Crippen LogP contribution is -2.14. The lowest BCUT2D eigenvalue weighted by Gasteiger charge is -2.07. The summed E-state index contributed by atoms with van der Waals surface area (Å²) in [5.74, 6) is -0.299. The number of carbonyl (C=O) groups excluding carboxylic acids is 1. The summed E-state index contributed by atoms with van der Waals surface area (Å²) in [5.41, 5.74) is 0.161. The third kappa shape index (κ3) is 2.98. The van der Waals surface area contributed by atoms with Gasteiger partial charge in [0.25, 0.3) is 0 Å². The van der Waals surface area contributed by atoms with Crippen molar-refractivity contribution in [1.82, 2.24) is 0 Å². The molecule has 0 spiro atoms. The Balaban J connectivity index is 3.51. The fourth-order valence-electron chi connectivity index (χ4n) is 1.06. The predicted molar refractivity (Wildman–Crippen MR) is 68.2 cm³/mol. The summed E-state index contributed by atoms with van der Waals surface area (Å²) in [4.78, 5) is 11.5. The molecule has 0 aromatic heterocycles. The minimum Gasteiger partial charge on any atom is -0.293 e. The van der Waals surface area contributed by atoms with E-state index in [4.69, 9.17) is 16.7 Å². The molecule has 0 aliphatic heterocycles. The number of carbonyl (C=O) groups is 1. The largest absolute Gasteiger partial charge is 0.293 e. The monoisotopic (exact) mass is 343 g/mol. The number of Topliss-reactive ketones (excluding diaryl/α,β-unsaturated/α-hetero) is 1. The summed E-state index contributed by atoms with van der Waals surface area (Å²) in [5, 5.41) is 4.96. The number of rotatable bonds is 3. The number of hydrogen-bond donors (Lipinski definition) is 2. The highest BCUT2D eigenvalue weighted by Gasteiger charge is 2.18. The van der Waals surface area contributed by atoms with Crippen LogP contribution in [0, 0.1) is 0 Å². The van der Waals surface area contributed by atoms with Gasteiger partial charge in [-0.1, -0.05) is 27.5 Å². The molecule has 0 saturated carbocycles. The zero-order valence-electron chi connectivity index (χ0n) is 7.78. The van der Waals surface area contributed by atoms with E-state index in [1.165, 1.54) is 6.07 Å². The average molecular weight is 345 g/mol. The van der Waals surface area contributed by atoms with E-state index in [1.807, 2.05) is 0 Å². The molecule has 0 saturated heterocycles. The first-order chi connectivity index (χ1) is 7.27. The minimum absolute atomic E-state index is 0.0568. The van der Waals surface area contributed by atoms with Gasteiger partial charge in [0.15, 0.2) is 5.78 Å². The molecule has 0 atom stereocenters. The van der Waals surface area contributed by atoms with Crippen LogP contribution < -0.4 is 5.14 Å². The van der Waals surface area contributed by atoms with E-state index >= 15 is 0 Å². The maximum Gasteiger partial charge on any atom is 0.239 e. The van der Waals surface area contributed by atoms with Crippen molar-refractivity contribution >= 4 is 56.0 Å². The number of ketones is 1. The van der Waals surface area contributed by atoms with Crippen LogP contribution in [-0.4, -0.2) is 19.5 Å². The molecule has 0 aliphatic rings. The van der Waals surface area contributed by atoms with Crippen molar-refractivity contribution in [1.29, 1.82) is 0 Å². The third-order valence-electron chi connectivity index (χ3n) is 1.78. The Morgan fingerprint density at radius 2 is 2.06 bits per heavy atom. The highest BCUT2D eigenvalue weighted by atomic mass is 79.9. The molecule has 0 amide bonds. The summed E-state index contributed by atoms with van der Waals surface area (Å²) in [6.07, 6.45) is 0. The number of thiol groups is 1. The van der Waals surface area contributed by atoms with E-state index in [9.17, 15) is 13.2 Å². The highest BCUT2D eigenvalue weighted by Crippen LogP contribution is 2.27. The molecule has 0 bridgehead atoms. The quantitative estimate of drug-likeness (QED) is 0.499. The molecule has 1 aromatic rings. The molecular formula is C8H7BrClNO3S2. The van der Waals surface area contributed by atoms with Gasteiger partial charge in [-0.15, -0.1) is 12.6 Å². The zero-order valence-corrected chi connectivity index (χ0v) is 11.8. The van der Waals surface area contributed by atoms with Crippen molar-refractivity contribution in [3.63, 3.8) is 0 Å².